The molecule has 106 valence electrons. The van der Waals surface area contributed by atoms with Crippen LogP contribution in [0.2, 0.25) is 10.0 Å². The highest BCUT2D eigenvalue weighted by molar-refractivity contribution is 7.15. The molecule has 0 aliphatic carbocycles. The van der Waals surface area contributed by atoms with Crippen molar-refractivity contribution in [3.8, 4) is 5.75 Å². The quantitative estimate of drug-likeness (QED) is 0.798. The third-order valence-electron chi connectivity index (χ3n) is 2.37. The molecule has 0 bridgehead atoms. The molecule has 0 spiro atoms. The van der Waals surface area contributed by atoms with E-state index in [0.717, 1.165) is 0 Å². The number of aromatic hydroxyl groups is 1. The van der Waals surface area contributed by atoms with Gasteiger partial charge in [-0.3, -0.25) is 0 Å². The van der Waals surface area contributed by atoms with Gasteiger partial charge in [-0.25, -0.2) is 4.79 Å². The molecule has 2 aromatic rings. The van der Waals surface area contributed by atoms with Crippen LogP contribution >= 0.6 is 34.5 Å². The predicted octanol–water partition coefficient (Wildman–Crippen LogP) is 4.68. The molecule has 1 aromatic carbocycles. The van der Waals surface area contributed by atoms with Crippen LogP contribution in [-0.2, 0) is 4.74 Å². The van der Waals surface area contributed by atoms with E-state index >= 15 is 0 Å². The van der Waals surface area contributed by atoms with E-state index in [1.54, 1.807) is 25.1 Å². The van der Waals surface area contributed by atoms with Crippen LogP contribution in [0.5, 0.6) is 5.75 Å². The van der Waals surface area contributed by atoms with Crippen LogP contribution in [0.25, 0.3) is 0 Å². The standard InChI is InChI=1S/C13H11Cl2NO3S/c1-2-19-13(18)11-10(17)6-20-12(11)16-9-4-7(14)3-8(15)5-9/h3-6,16-17H,2H2,1H3. The molecule has 0 aliphatic rings. The first-order valence-electron chi connectivity index (χ1n) is 5.72. The van der Waals surface area contributed by atoms with Gasteiger partial charge in [-0.05, 0) is 25.1 Å². The van der Waals surface area contributed by atoms with Crippen molar-refractivity contribution in [2.24, 2.45) is 0 Å². The van der Waals surface area contributed by atoms with E-state index in [-0.39, 0.29) is 17.9 Å². The molecule has 0 atom stereocenters. The van der Waals surface area contributed by atoms with Crippen LogP contribution in [0.3, 0.4) is 0 Å². The largest absolute Gasteiger partial charge is 0.506 e. The second kappa shape index (κ2) is 6.35. The summed E-state index contributed by atoms with van der Waals surface area (Å²) in [6.07, 6.45) is 0. The smallest absolute Gasteiger partial charge is 0.344 e. The van der Waals surface area contributed by atoms with Crippen LogP contribution in [0.15, 0.2) is 23.6 Å². The van der Waals surface area contributed by atoms with Gasteiger partial charge in [0.25, 0.3) is 0 Å². The Labute approximate surface area is 129 Å². The molecular weight excluding hydrogens is 321 g/mol. The van der Waals surface area contributed by atoms with Crippen LogP contribution in [0.1, 0.15) is 17.3 Å². The Hall–Kier alpha value is -1.43. The molecule has 0 unspecified atom stereocenters. The first kappa shape index (κ1) is 15.0. The zero-order valence-corrected chi connectivity index (χ0v) is 12.8. The summed E-state index contributed by atoms with van der Waals surface area (Å²) < 4.78 is 4.91. The number of carbonyl (C=O) groups is 1. The third-order valence-corrected chi connectivity index (χ3v) is 3.69. The summed E-state index contributed by atoms with van der Waals surface area (Å²) in [6, 6.07) is 4.94. The number of hydrogen-bond acceptors (Lipinski definition) is 5. The fourth-order valence-corrected chi connectivity index (χ4v) is 2.95. The average Bonchev–Trinajstić information content (AvgIpc) is 2.69. The lowest BCUT2D eigenvalue weighted by atomic mass is 10.2. The van der Waals surface area contributed by atoms with Crippen molar-refractivity contribution in [1.29, 1.82) is 0 Å². The summed E-state index contributed by atoms with van der Waals surface area (Å²) in [6.45, 7) is 1.93. The Morgan fingerprint density at radius 2 is 2.00 bits per heavy atom. The van der Waals surface area contributed by atoms with Gasteiger partial charge in [0.15, 0.2) is 0 Å². The van der Waals surface area contributed by atoms with Crippen molar-refractivity contribution in [3.05, 3.63) is 39.2 Å². The Morgan fingerprint density at radius 3 is 2.60 bits per heavy atom. The van der Waals surface area contributed by atoms with E-state index in [4.69, 9.17) is 27.9 Å². The summed E-state index contributed by atoms with van der Waals surface area (Å²) in [5, 5.41) is 15.6. The number of thiophene rings is 1. The van der Waals surface area contributed by atoms with Crippen LogP contribution in [0.4, 0.5) is 10.7 Å². The lowest BCUT2D eigenvalue weighted by Crippen LogP contribution is -2.06. The summed E-state index contributed by atoms with van der Waals surface area (Å²) >= 11 is 13.0. The van der Waals surface area contributed by atoms with Crippen LogP contribution in [-0.4, -0.2) is 17.7 Å². The van der Waals surface area contributed by atoms with Gasteiger partial charge < -0.3 is 15.2 Å². The minimum atomic E-state index is -0.582. The minimum absolute atomic E-state index is 0.105. The van der Waals surface area contributed by atoms with Crippen molar-refractivity contribution >= 4 is 51.2 Å². The maximum absolute atomic E-state index is 11.8. The second-order valence-electron chi connectivity index (χ2n) is 3.83. The number of halogens is 2. The topological polar surface area (TPSA) is 58.6 Å². The molecule has 1 heterocycles. The highest BCUT2D eigenvalue weighted by atomic mass is 35.5. The Morgan fingerprint density at radius 1 is 1.35 bits per heavy atom. The van der Waals surface area contributed by atoms with E-state index in [1.165, 1.54) is 16.7 Å². The molecule has 20 heavy (non-hydrogen) atoms. The Bertz CT molecular complexity index is 622. The molecular formula is C13H11Cl2NO3S. The number of ether oxygens (including phenoxy) is 1. The van der Waals surface area contributed by atoms with Gasteiger partial charge in [-0.15, -0.1) is 11.3 Å². The summed E-state index contributed by atoms with van der Waals surface area (Å²) in [4.78, 5) is 11.8. The van der Waals surface area contributed by atoms with Gasteiger partial charge in [-0.2, -0.15) is 0 Å². The van der Waals surface area contributed by atoms with Crippen molar-refractivity contribution in [2.45, 2.75) is 6.92 Å². The van der Waals surface area contributed by atoms with Crippen molar-refractivity contribution in [3.63, 3.8) is 0 Å². The van der Waals surface area contributed by atoms with Crippen LogP contribution in [0, 0.1) is 0 Å². The molecule has 2 N–H and O–H groups in total. The maximum Gasteiger partial charge on any atom is 0.344 e. The molecule has 0 aliphatic heterocycles. The van der Waals surface area contributed by atoms with E-state index in [1.807, 2.05) is 0 Å². The number of carbonyl (C=O) groups excluding carboxylic acids is 1. The first-order valence-corrected chi connectivity index (χ1v) is 7.35. The Balaban J connectivity index is 2.32. The zero-order chi connectivity index (χ0) is 14.7. The molecule has 2 rings (SSSR count). The average molecular weight is 332 g/mol. The molecule has 0 radical (unpaired) electrons. The number of benzene rings is 1. The molecule has 7 heteroatoms. The summed E-state index contributed by atoms with van der Waals surface area (Å²) in [5.41, 5.74) is 0.725. The van der Waals surface area contributed by atoms with E-state index < -0.39 is 5.97 Å². The minimum Gasteiger partial charge on any atom is -0.506 e. The monoisotopic (exact) mass is 331 g/mol. The number of rotatable bonds is 4. The van der Waals surface area contributed by atoms with Gasteiger partial charge in [-0.1, -0.05) is 23.2 Å². The maximum atomic E-state index is 11.8. The number of anilines is 2. The SMILES string of the molecule is CCOC(=O)c1c(O)csc1Nc1cc(Cl)cc(Cl)c1. The van der Waals surface area contributed by atoms with E-state index in [2.05, 4.69) is 5.32 Å². The van der Waals surface area contributed by atoms with E-state index in [0.29, 0.717) is 20.7 Å². The number of hydrogen-bond donors (Lipinski definition) is 2. The van der Waals surface area contributed by atoms with Gasteiger partial charge >= 0.3 is 5.97 Å². The number of nitrogens with one attached hydrogen (secondary N) is 1. The highest BCUT2D eigenvalue weighted by Crippen LogP contribution is 2.36. The van der Waals surface area contributed by atoms with Gasteiger partial charge in [0, 0.05) is 21.1 Å². The van der Waals surface area contributed by atoms with Gasteiger partial charge in [0.2, 0.25) is 0 Å². The molecule has 4 nitrogen and oxygen atoms in total. The fraction of sp³-hybridized carbons (Fsp3) is 0.154. The van der Waals surface area contributed by atoms with Crippen molar-refractivity contribution < 1.29 is 14.6 Å². The molecule has 1 aromatic heterocycles. The zero-order valence-electron chi connectivity index (χ0n) is 10.4. The number of esters is 1. The molecule has 0 amide bonds. The summed E-state index contributed by atoms with van der Waals surface area (Å²) in [7, 11) is 0. The fourth-order valence-electron chi connectivity index (χ4n) is 1.60. The van der Waals surface area contributed by atoms with E-state index in [9.17, 15) is 9.90 Å². The lowest BCUT2D eigenvalue weighted by Gasteiger charge is -2.08. The lowest BCUT2D eigenvalue weighted by molar-refractivity contribution is 0.0525. The molecule has 0 saturated carbocycles. The van der Waals surface area contributed by atoms with Gasteiger partial charge in [0.1, 0.15) is 16.3 Å². The first-order chi connectivity index (χ1) is 9.51. The van der Waals surface area contributed by atoms with Gasteiger partial charge in [0.05, 0.1) is 6.61 Å². The molecule has 0 saturated heterocycles. The Kier molecular flexibility index (Phi) is 4.75. The third kappa shape index (κ3) is 3.36. The van der Waals surface area contributed by atoms with Crippen LogP contribution < -0.4 is 5.32 Å². The predicted molar refractivity (Wildman–Crippen MR) is 81.7 cm³/mol. The second-order valence-corrected chi connectivity index (χ2v) is 5.58. The summed E-state index contributed by atoms with van der Waals surface area (Å²) in [5.74, 6) is -0.703. The van der Waals surface area contributed by atoms with Crippen molar-refractivity contribution in [1.82, 2.24) is 0 Å². The normalized spacial score (nSPS) is 10.3. The van der Waals surface area contributed by atoms with Crippen molar-refractivity contribution in [2.75, 3.05) is 11.9 Å². The highest BCUT2D eigenvalue weighted by Gasteiger charge is 2.20. The molecule has 0 fully saturated rings.